The van der Waals surface area contributed by atoms with Gasteiger partial charge < -0.3 is 14.0 Å². The first kappa shape index (κ1) is 10.8. The molecular weight excluding hydrogens is 206 g/mol. The summed E-state index contributed by atoms with van der Waals surface area (Å²) in [5.41, 5.74) is 2.58. The lowest BCUT2D eigenvalue weighted by atomic mass is 10.00. The summed E-state index contributed by atoms with van der Waals surface area (Å²) in [4.78, 5) is 11.6. The van der Waals surface area contributed by atoms with E-state index in [0.717, 1.165) is 29.9 Å². The third-order valence-electron chi connectivity index (χ3n) is 2.89. The zero-order valence-corrected chi connectivity index (χ0v) is 9.74. The van der Waals surface area contributed by atoms with Gasteiger partial charge in [-0.05, 0) is 18.9 Å². The van der Waals surface area contributed by atoms with E-state index in [1.165, 1.54) is 7.11 Å². The van der Waals surface area contributed by atoms with Crippen LogP contribution in [0.25, 0.3) is 5.76 Å². The second-order valence-electron chi connectivity index (χ2n) is 3.78. The first-order valence-corrected chi connectivity index (χ1v) is 5.20. The Hall–Kier alpha value is -1.71. The smallest absolute Gasteiger partial charge is 0.340 e. The predicted molar refractivity (Wildman–Crippen MR) is 60.1 cm³/mol. The number of methoxy groups -OCH3 is 2. The van der Waals surface area contributed by atoms with Gasteiger partial charge in [-0.15, -0.1) is 0 Å². The summed E-state index contributed by atoms with van der Waals surface area (Å²) in [6, 6.07) is 0. The van der Waals surface area contributed by atoms with Crippen LogP contribution in [-0.2, 0) is 22.9 Å². The summed E-state index contributed by atoms with van der Waals surface area (Å²) in [7, 11) is 4.94. The molecule has 0 saturated heterocycles. The van der Waals surface area contributed by atoms with Crippen LogP contribution in [0.4, 0.5) is 0 Å². The van der Waals surface area contributed by atoms with Crippen LogP contribution in [0.15, 0.2) is 12.3 Å². The van der Waals surface area contributed by atoms with Gasteiger partial charge >= 0.3 is 5.97 Å². The van der Waals surface area contributed by atoms with Crippen LogP contribution >= 0.6 is 0 Å². The van der Waals surface area contributed by atoms with Crippen LogP contribution < -0.4 is 0 Å². The fourth-order valence-electron chi connectivity index (χ4n) is 2.14. The fraction of sp³-hybridized carbons (Fsp3) is 0.417. The molecule has 0 unspecified atom stereocenters. The lowest BCUT2D eigenvalue weighted by Gasteiger charge is -2.15. The number of aromatic nitrogens is 1. The SMILES string of the molecule is COC(=O)c1cn(C)c2c1C(OC)=CCC2. The van der Waals surface area contributed by atoms with Crippen LogP contribution in [0.1, 0.15) is 28.0 Å². The minimum atomic E-state index is -0.318. The zero-order chi connectivity index (χ0) is 11.7. The quantitative estimate of drug-likeness (QED) is 0.714. The molecule has 0 aliphatic heterocycles. The van der Waals surface area contributed by atoms with Gasteiger partial charge in [0.1, 0.15) is 5.76 Å². The van der Waals surface area contributed by atoms with Crippen LogP contribution in [0, 0.1) is 0 Å². The van der Waals surface area contributed by atoms with Crippen molar-refractivity contribution in [3.05, 3.63) is 29.1 Å². The number of nitrogens with zero attached hydrogens (tertiary/aromatic N) is 1. The molecule has 0 radical (unpaired) electrons. The number of aryl methyl sites for hydroxylation is 1. The van der Waals surface area contributed by atoms with Crippen LogP contribution in [0.2, 0.25) is 0 Å². The molecule has 2 rings (SSSR count). The topological polar surface area (TPSA) is 40.5 Å². The van der Waals surface area contributed by atoms with Crippen LogP contribution in [0.3, 0.4) is 0 Å². The van der Waals surface area contributed by atoms with Crippen molar-refractivity contribution in [2.75, 3.05) is 14.2 Å². The third kappa shape index (κ3) is 1.50. The first-order chi connectivity index (χ1) is 7.69. The Morgan fingerprint density at radius 3 is 2.81 bits per heavy atom. The number of allylic oxidation sites excluding steroid dienone is 1. The number of hydrogen-bond acceptors (Lipinski definition) is 3. The van der Waals surface area contributed by atoms with Gasteiger partial charge in [0, 0.05) is 18.9 Å². The zero-order valence-electron chi connectivity index (χ0n) is 9.74. The molecule has 0 atom stereocenters. The average molecular weight is 221 g/mol. The van der Waals surface area contributed by atoms with Crippen molar-refractivity contribution in [3.63, 3.8) is 0 Å². The molecule has 0 bridgehead atoms. The van der Waals surface area contributed by atoms with Crippen molar-refractivity contribution in [1.82, 2.24) is 4.57 Å². The average Bonchev–Trinajstić information content (AvgIpc) is 2.66. The van der Waals surface area contributed by atoms with E-state index in [4.69, 9.17) is 9.47 Å². The van der Waals surface area contributed by atoms with E-state index < -0.39 is 0 Å². The van der Waals surface area contributed by atoms with Gasteiger partial charge in [0.15, 0.2) is 0 Å². The van der Waals surface area contributed by atoms with E-state index in [-0.39, 0.29) is 5.97 Å². The molecule has 0 saturated carbocycles. The van der Waals surface area contributed by atoms with Gasteiger partial charge in [0.25, 0.3) is 0 Å². The van der Waals surface area contributed by atoms with Crippen molar-refractivity contribution >= 4 is 11.7 Å². The van der Waals surface area contributed by atoms with Crippen molar-refractivity contribution in [1.29, 1.82) is 0 Å². The largest absolute Gasteiger partial charge is 0.496 e. The normalized spacial score (nSPS) is 14.1. The molecule has 16 heavy (non-hydrogen) atoms. The molecule has 4 heteroatoms. The van der Waals surface area contributed by atoms with Crippen molar-refractivity contribution in [2.24, 2.45) is 7.05 Å². The van der Waals surface area contributed by atoms with E-state index in [2.05, 4.69) is 0 Å². The van der Waals surface area contributed by atoms with Crippen LogP contribution in [0.5, 0.6) is 0 Å². The Morgan fingerprint density at radius 2 is 2.19 bits per heavy atom. The molecular formula is C12H15NO3. The highest BCUT2D eigenvalue weighted by Crippen LogP contribution is 2.31. The maximum absolute atomic E-state index is 11.6. The number of rotatable bonds is 2. The minimum Gasteiger partial charge on any atom is -0.496 e. The van der Waals surface area contributed by atoms with E-state index in [1.54, 1.807) is 13.3 Å². The van der Waals surface area contributed by atoms with Gasteiger partial charge in [-0.25, -0.2) is 4.79 Å². The number of esters is 1. The molecule has 0 N–H and O–H groups in total. The summed E-state index contributed by atoms with van der Waals surface area (Å²) >= 11 is 0. The van der Waals surface area contributed by atoms with Gasteiger partial charge in [-0.3, -0.25) is 0 Å². The molecule has 0 fully saturated rings. The maximum atomic E-state index is 11.6. The molecule has 4 nitrogen and oxygen atoms in total. The van der Waals surface area contributed by atoms with Crippen molar-refractivity contribution in [2.45, 2.75) is 12.8 Å². The second kappa shape index (κ2) is 4.04. The summed E-state index contributed by atoms with van der Waals surface area (Å²) in [5.74, 6) is 0.448. The highest BCUT2D eigenvalue weighted by atomic mass is 16.5. The van der Waals surface area contributed by atoms with Gasteiger partial charge in [-0.1, -0.05) is 0 Å². The summed E-state index contributed by atoms with van der Waals surface area (Å²) in [5, 5.41) is 0. The molecule has 1 heterocycles. The van der Waals surface area contributed by atoms with Crippen molar-refractivity contribution < 1.29 is 14.3 Å². The number of carbonyl (C=O) groups is 1. The van der Waals surface area contributed by atoms with Gasteiger partial charge in [0.2, 0.25) is 0 Å². The molecule has 1 aliphatic rings. The Kier molecular flexibility index (Phi) is 2.73. The Morgan fingerprint density at radius 1 is 1.44 bits per heavy atom. The van der Waals surface area contributed by atoms with E-state index in [0.29, 0.717) is 5.56 Å². The Bertz CT molecular complexity index is 457. The highest BCUT2D eigenvalue weighted by molar-refractivity contribution is 5.95. The maximum Gasteiger partial charge on any atom is 0.340 e. The van der Waals surface area contributed by atoms with Gasteiger partial charge in [0.05, 0.1) is 25.3 Å². The minimum absolute atomic E-state index is 0.318. The molecule has 0 spiro atoms. The third-order valence-corrected chi connectivity index (χ3v) is 2.89. The number of ether oxygens (including phenoxy) is 2. The predicted octanol–water partition coefficient (Wildman–Crippen LogP) is 1.75. The molecule has 86 valence electrons. The Balaban J connectivity index is 2.58. The molecule has 0 amide bonds. The lowest BCUT2D eigenvalue weighted by Crippen LogP contribution is -2.07. The summed E-state index contributed by atoms with van der Waals surface area (Å²) in [6.07, 6.45) is 5.67. The summed E-state index contributed by atoms with van der Waals surface area (Å²) < 4.78 is 12.0. The van der Waals surface area contributed by atoms with Gasteiger partial charge in [-0.2, -0.15) is 0 Å². The summed E-state index contributed by atoms with van der Waals surface area (Å²) in [6.45, 7) is 0. The molecule has 1 aromatic rings. The first-order valence-electron chi connectivity index (χ1n) is 5.20. The van der Waals surface area contributed by atoms with Crippen LogP contribution in [-0.4, -0.2) is 24.8 Å². The number of hydrogen-bond donors (Lipinski definition) is 0. The Labute approximate surface area is 94.5 Å². The highest BCUT2D eigenvalue weighted by Gasteiger charge is 2.25. The molecule has 1 aromatic heterocycles. The van der Waals surface area contributed by atoms with E-state index >= 15 is 0 Å². The lowest BCUT2D eigenvalue weighted by molar-refractivity contribution is 0.0600. The molecule has 1 aliphatic carbocycles. The number of carbonyl (C=O) groups excluding carboxylic acids is 1. The van der Waals surface area contributed by atoms with E-state index in [9.17, 15) is 4.79 Å². The monoisotopic (exact) mass is 221 g/mol. The number of fused-ring (bicyclic) bond motifs is 1. The second-order valence-corrected chi connectivity index (χ2v) is 3.78. The molecule has 0 aromatic carbocycles. The van der Waals surface area contributed by atoms with Crippen molar-refractivity contribution in [3.8, 4) is 0 Å². The van der Waals surface area contributed by atoms with E-state index in [1.807, 2.05) is 17.7 Å². The fourth-order valence-corrected chi connectivity index (χ4v) is 2.14. The standard InChI is InChI=1S/C12H15NO3/c1-13-7-8(12(14)16-3)11-9(13)5-4-6-10(11)15-2/h6-7H,4-5H2,1-3H3.